The third-order valence-electron chi connectivity index (χ3n) is 4.92. The summed E-state index contributed by atoms with van der Waals surface area (Å²) in [7, 11) is 0. The van der Waals surface area contributed by atoms with E-state index in [2.05, 4.69) is 0 Å². The van der Waals surface area contributed by atoms with Gasteiger partial charge >= 0.3 is 0 Å². The molecule has 1 nitrogen and oxygen atoms in total. The van der Waals surface area contributed by atoms with E-state index in [0.717, 1.165) is 35.5 Å². The summed E-state index contributed by atoms with van der Waals surface area (Å²) >= 11 is 5.96. The topological polar surface area (TPSA) is 9.23 Å². The van der Waals surface area contributed by atoms with Crippen LogP contribution in [0.4, 0.5) is 4.39 Å². The SMILES string of the molecule is F/C(=C\C1(c2ccc(Cl)cc2)CC1)Cc1ccc(Oc2ccccc2)cc1. The number of allylic oxidation sites excluding steroid dienone is 2. The molecule has 27 heavy (non-hydrogen) atoms. The van der Waals surface area contributed by atoms with Crippen molar-refractivity contribution in [1.29, 1.82) is 0 Å². The van der Waals surface area contributed by atoms with Crippen molar-refractivity contribution in [3.8, 4) is 11.5 Å². The van der Waals surface area contributed by atoms with E-state index in [1.54, 1.807) is 6.08 Å². The fraction of sp³-hybridized carbons (Fsp3) is 0.167. The van der Waals surface area contributed by atoms with E-state index < -0.39 is 0 Å². The first-order valence-electron chi connectivity index (χ1n) is 9.08. The highest BCUT2D eigenvalue weighted by Gasteiger charge is 2.42. The van der Waals surface area contributed by atoms with Crippen molar-refractivity contribution in [2.75, 3.05) is 0 Å². The van der Waals surface area contributed by atoms with Crippen molar-refractivity contribution >= 4 is 11.6 Å². The van der Waals surface area contributed by atoms with Crippen LogP contribution >= 0.6 is 11.6 Å². The molecule has 0 atom stereocenters. The molecule has 1 saturated carbocycles. The van der Waals surface area contributed by atoms with E-state index in [9.17, 15) is 4.39 Å². The molecule has 3 heteroatoms. The van der Waals surface area contributed by atoms with Gasteiger partial charge in [-0.15, -0.1) is 0 Å². The Morgan fingerprint density at radius 3 is 2.15 bits per heavy atom. The molecule has 0 spiro atoms. The van der Waals surface area contributed by atoms with Crippen LogP contribution in [0.1, 0.15) is 24.0 Å². The third kappa shape index (κ3) is 4.40. The fourth-order valence-corrected chi connectivity index (χ4v) is 3.40. The van der Waals surface area contributed by atoms with E-state index in [4.69, 9.17) is 16.3 Å². The van der Waals surface area contributed by atoms with Crippen LogP contribution in [0.5, 0.6) is 11.5 Å². The van der Waals surface area contributed by atoms with E-state index in [-0.39, 0.29) is 11.2 Å². The minimum absolute atomic E-state index is 0.0980. The average Bonchev–Trinajstić information content (AvgIpc) is 3.45. The van der Waals surface area contributed by atoms with Crippen LogP contribution in [-0.4, -0.2) is 0 Å². The Kier molecular flexibility index (Phi) is 5.00. The largest absolute Gasteiger partial charge is 0.457 e. The molecule has 0 aromatic heterocycles. The lowest BCUT2D eigenvalue weighted by Gasteiger charge is -2.12. The van der Waals surface area contributed by atoms with Crippen LogP contribution in [-0.2, 0) is 11.8 Å². The summed E-state index contributed by atoms with van der Waals surface area (Å²) in [5.41, 5.74) is 1.90. The maximum absolute atomic E-state index is 14.6. The Morgan fingerprint density at radius 2 is 1.52 bits per heavy atom. The lowest BCUT2D eigenvalue weighted by molar-refractivity contribution is 0.482. The second-order valence-electron chi connectivity index (χ2n) is 6.99. The van der Waals surface area contributed by atoms with Gasteiger partial charge in [0.2, 0.25) is 0 Å². The zero-order chi connectivity index (χ0) is 18.7. The lowest BCUT2D eigenvalue weighted by atomic mass is 9.94. The zero-order valence-electron chi connectivity index (χ0n) is 14.9. The Morgan fingerprint density at radius 1 is 0.889 bits per heavy atom. The van der Waals surface area contributed by atoms with Gasteiger partial charge in [-0.25, -0.2) is 4.39 Å². The number of benzene rings is 3. The van der Waals surface area contributed by atoms with Crippen LogP contribution in [0.15, 0.2) is 90.8 Å². The molecule has 0 radical (unpaired) electrons. The number of ether oxygens (including phenoxy) is 1. The smallest absolute Gasteiger partial charge is 0.127 e. The lowest BCUT2D eigenvalue weighted by Crippen LogP contribution is -2.03. The number of para-hydroxylation sites is 1. The van der Waals surface area contributed by atoms with Crippen molar-refractivity contribution < 1.29 is 9.13 Å². The number of hydrogen-bond acceptors (Lipinski definition) is 1. The summed E-state index contributed by atoms with van der Waals surface area (Å²) in [6.45, 7) is 0. The summed E-state index contributed by atoms with van der Waals surface area (Å²) in [5.74, 6) is 1.43. The summed E-state index contributed by atoms with van der Waals surface area (Å²) < 4.78 is 20.4. The fourth-order valence-electron chi connectivity index (χ4n) is 3.28. The predicted molar refractivity (Wildman–Crippen MR) is 108 cm³/mol. The summed E-state index contributed by atoms with van der Waals surface area (Å²) in [5, 5.41) is 0.705. The highest BCUT2D eigenvalue weighted by Crippen LogP contribution is 2.50. The monoisotopic (exact) mass is 378 g/mol. The van der Waals surface area contributed by atoms with E-state index >= 15 is 0 Å². The average molecular weight is 379 g/mol. The number of halogens is 2. The second kappa shape index (κ2) is 7.58. The highest BCUT2D eigenvalue weighted by atomic mass is 35.5. The Balaban J connectivity index is 1.42. The summed E-state index contributed by atoms with van der Waals surface area (Å²) in [4.78, 5) is 0. The maximum Gasteiger partial charge on any atom is 0.127 e. The van der Waals surface area contributed by atoms with Crippen molar-refractivity contribution in [3.05, 3.63) is 107 Å². The molecule has 0 saturated heterocycles. The van der Waals surface area contributed by atoms with Crippen molar-refractivity contribution in [1.82, 2.24) is 0 Å². The van der Waals surface area contributed by atoms with E-state index in [0.29, 0.717) is 11.4 Å². The van der Waals surface area contributed by atoms with Gasteiger partial charge in [-0.3, -0.25) is 0 Å². The number of hydrogen-bond donors (Lipinski definition) is 0. The molecule has 0 unspecified atom stereocenters. The van der Waals surface area contributed by atoms with Crippen LogP contribution in [0.25, 0.3) is 0 Å². The zero-order valence-corrected chi connectivity index (χ0v) is 15.6. The van der Waals surface area contributed by atoms with Gasteiger partial charge in [-0.05, 0) is 66.4 Å². The van der Waals surface area contributed by atoms with Gasteiger partial charge in [0.25, 0.3) is 0 Å². The number of rotatable bonds is 6. The first kappa shape index (κ1) is 17.8. The standard InChI is InChI=1S/C24H20ClFO/c25-20-10-8-19(9-11-20)24(14-15-24)17-21(26)16-18-6-12-23(13-7-18)27-22-4-2-1-3-5-22/h1-13,17H,14-16H2/b21-17-. The molecule has 3 aromatic carbocycles. The minimum Gasteiger partial charge on any atom is -0.457 e. The Labute approximate surface area is 164 Å². The molecule has 1 aliphatic rings. The van der Waals surface area contributed by atoms with Crippen LogP contribution in [0.3, 0.4) is 0 Å². The van der Waals surface area contributed by atoms with E-state index in [1.165, 1.54) is 0 Å². The molecule has 1 fully saturated rings. The van der Waals surface area contributed by atoms with Crippen LogP contribution in [0, 0.1) is 0 Å². The van der Waals surface area contributed by atoms with Gasteiger partial charge in [0.1, 0.15) is 17.3 Å². The molecular formula is C24H20ClFO. The Bertz CT molecular complexity index is 926. The van der Waals surface area contributed by atoms with Gasteiger partial charge in [-0.2, -0.15) is 0 Å². The molecule has 1 aliphatic carbocycles. The molecule has 0 aliphatic heterocycles. The van der Waals surface area contributed by atoms with Crippen molar-refractivity contribution in [2.24, 2.45) is 0 Å². The quantitative estimate of drug-likeness (QED) is 0.438. The first-order chi connectivity index (χ1) is 13.1. The van der Waals surface area contributed by atoms with Crippen molar-refractivity contribution in [2.45, 2.75) is 24.7 Å². The molecule has 0 N–H and O–H groups in total. The van der Waals surface area contributed by atoms with Crippen LogP contribution < -0.4 is 4.74 Å². The molecule has 136 valence electrons. The molecular weight excluding hydrogens is 359 g/mol. The van der Waals surface area contributed by atoms with Gasteiger partial charge in [-0.1, -0.05) is 54.1 Å². The van der Waals surface area contributed by atoms with Crippen LogP contribution in [0.2, 0.25) is 5.02 Å². The van der Waals surface area contributed by atoms with Gasteiger partial charge in [0.05, 0.1) is 0 Å². The predicted octanol–water partition coefficient (Wildman–Crippen LogP) is 7.26. The highest BCUT2D eigenvalue weighted by molar-refractivity contribution is 6.30. The molecule has 0 heterocycles. The summed E-state index contributed by atoms with van der Waals surface area (Å²) in [6.07, 6.45) is 4.03. The van der Waals surface area contributed by atoms with Gasteiger partial charge in [0.15, 0.2) is 0 Å². The summed E-state index contributed by atoms with van der Waals surface area (Å²) in [6, 6.07) is 24.9. The second-order valence-corrected chi connectivity index (χ2v) is 7.43. The van der Waals surface area contributed by atoms with Gasteiger partial charge in [0, 0.05) is 16.9 Å². The normalized spacial score (nSPS) is 15.4. The first-order valence-corrected chi connectivity index (χ1v) is 9.46. The molecule has 4 rings (SSSR count). The van der Waals surface area contributed by atoms with Gasteiger partial charge < -0.3 is 4.74 Å². The van der Waals surface area contributed by atoms with E-state index in [1.807, 2.05) is 78.9 Å². The third-order valence-corrected chi connectivity index (χ3v) is 5.17. The molecule has 3 aromatic rings. The van der Waals surface area contributed by atoms with Crippen molar-refractivity contribution in [3.63, 3.8) is 0 Å². The Hall–Kier alpha value is -2.58. The maximum atomic E-state index is 14.6. The molecule has 0 amide bonds. The molecule has 0 bridgehead atoms. The minimum atomic E-state index is -0.162.